The Labute approximate surface area is 126 Å². The van der Waals surface area contributed by atoms with Crippen molar-refractivity contribution in [2.24, 2.45) is 0 Å². The third kappa shape index (κ3) is 3.01. The molecule has 1 aromatic heterocycles. The first-order valence-electron chi connectivity index (χ1n) is 7.50. The number of aryl methyl sites for hydroxylation is 2. The zero-order valence-electron chi connectivity index (χ0n) is 12.9. The van der Waals surface area contributed by atoms with Crippen molar-refractivity contribution in [2.45, 2.75) is 33.4 Å². The van der Waals surface area contributed by atoms with Crippen LogP contribution in [0.2, 0.25) is 0 Å². The molecule has 0 aliphatic carbocycles. The molecule has 2 N–H and O–H groups in total. The first-order chi connectivity index (χ1) is 10.1. The molecule has 2 heteroatoms. The van der Waals surface area contributed by atoms with Crippen LogP contribution in [-0.4, -0.2) is 4.98 Å². The summed E-state index contributed by atoms with van der Waals surface area (Å²) in [5.41, 5.74) is 6.55. The van der Waals surface area contributed by atoms with Crippen molar-refractivity contribution in [3.8, 4) is 0 Å². The van der Waals surface area contributed by atoms with E-state index < -0.39 is 0 Å². The monoisotopic (exact) mass is 278 g/mol. The van der Waals surface area contributed by atoms with Crippen molar-refractivity contribution >= 4 is 10.9 Å². The molecule has 0 radical (unpaired) electrons. The van der Waals surface area contributed by atoms with Gasteiger partial charge in [0.2, 0.25) is 0 Å². The number of aromatic nitrogens is 1. The van der Waals surface area contributed by atoms with Crippen molar-refractivity contribution in [1.29, 1.82) is 0 Å². The molecule has 0 fully saturated rings. The summed E-state index contributed by atoms with van der Waals surface area (Å²) in [6.45, 7) is 7.42. The Balaban J connectivity index is 1.76. The lowest BCUT2D eigenvalue weighted by molar-refractivity contribution is 0.576. The minimum absolute atomic E-state index is 0.345. The highest BCUT2D eigenvalue weighted by Gasteiger charge is 2.07. The maximum atomic E-state index is 3.64. The van der Waals surface area contributed by atoms with Crippen molar-refractivity contribution in [3.05, 3.63) is 70.9 Å². The highest BCUT2D eigenvalue weighted by molar-refractivity contribution is 5.82. The van der Waals surface area contributed by atoms with Gasteiger partial charge in [-0.15, -0.1) is 0 Å². The molecule has 0 aliphatic heterocycles. The Morgan fingerprint density at radius 1 is 1.05 bits per heavy atom. The lowest BCUT2D eigenvalue weighted by atomic mass is 10.0. The fourth-order valence-corrected chi connectivity index (χ4v) is 2.95. The van der Waals surface area contributed by atoms with Crippen LogP contribution in [0.3, 0.4) is 0 Å². The zero-order chi connectivity index (χ0) is 14.8. The number of hydrogen-bond donors (Lipinski definition) is 2. The lowest BCUT2D eigenvalue weighted by Crippen LogP contribution is -2.18. The number of fused-ring (bicyclic) bond motifs is 1. The lowest BCUT2D eigenvalue weighted by Gasteiger charge is -2.16. The number of nitrogens with one attached hydrogen (secondary N) is 2. The number of H-pyrrole nitrogens is 1. The minimum atomic E-state index is 0.345. The van der Waals surface area contributed by atoms with Crippen LogP contribution in [0.4, 0.5) is 0 Å². The van der Waals surface area contributed by atoms with E-state index in [1.165, 1.54) is 33.2 Å². The summed E-state index contributed by atoms with van der Waals surface area (Å²) in [6.07, 6.45) is 2.00. The Morgan fingerprint density at radius 2 is 1.81 bits per heavy atom. The molecular formula is C19H22N2. The van der Waals surface area contributed by atoms with Gasteiger partial charge in [-0.05, 0) is 44.0 Å². The highest BCUT2D eigenvalue weighted by Crippen LogP contribution is 2.20. The van der Waals surface area contributed by atoms with E-state index in [0.717, 1.165) is 6.54 Å². The van der Waals surface area contributed by atoms with Gasteiger partial charge in [-0.1, -0.05) is 41.5 Å². The van der Waals surface area contributed by atoms with Gasteiger partial charge in [0.15, 0.2) is 0 Å². The molecule has 0 spiro atoms. The second kappa shape index (κ2) is 5.74. The van der Waals surface area contributed by atoms with Gasteiger partial charge in [0, 0.05) is 29.7 Å². The van der Waals surface area contributed by atoms with Crippen LogP contribution < -0.4 is 5.32 Å². The predicted octanol–water partition coefficient (Wildman–Crippen LogP) is 4.64. The summed E-state index contributed by atoms with van der Waals surface area (Å²) >= 11 is 0. The molecule has 2 aromatic carbocycles. The van der Waals surface area contributed by atoms with Crippen LogP contribution in [0.25, 0.3) is 10.9 Å². The van der Waals surface area contributed by atoms with Crippen LogP contribution in [0.15, 0.2) is 48.7 Å². The van der Waals surface area contributed by atoms with Gasteiger partial charge in [0.1, 0.15) is 0 Å². The van der Waals surface area contributed by atoms with E-state index in [4.69, 9.17) is 0 Å². The first-order valence-corrected chi connectivity index (χ1v) is 7.50. The maximum absolute atomic E-state index is 3.64. The van der Waals surface area contributed by atoms with E-state index in [0.29, 0.717) is 6.04 Å². The largest absolute Gasteiger partial charge is 0.361 e. The molecule has 1 atom stereocenters. The van der Waals surface area contributed by atoms with Crippen LogP contribution in [0.1, 0.15) is 35.2 Å². The summed E-state index contributed by atoms with van der Waals surface area (Å²) in [6, 6.07) is 15.7. The first kappa shape index (κ1) is 13.9. The number of aromatic amines is 1. The average Bonchev–Trinajstić information content (AvgIpc) is 2.92. The maximum Gasteiger partial charge on any atom is 0.0457 e. The average molecular weight is 278 g/mol. The van der Waals surface area contributed by atoms with Crippen molar-refractivity contribution < 1.29 is 0 Å². The molecule has 21 heavy (non-hydrogen) atoms. The van der Waals surface area contributed by atoms with Crippen molar-refractivity contribution in [3.63, 3.8) is 0 Å². The van der Waals surface area contributed by atoms with E-state index in [9.17, 15) is 0 Å². The molecule has 0 aliphatic rings. The normalized spacial score (nSPS) is 12.7. The SMILES string of the molecule is Cc1cc(C)cc(C(C)NCc2cccc3[nH]ccc23)c1. The van der Waals surface area contributed by atoms with Gasteiger partial charge in [-0.25, -0.2) is 0 Å². The number of benzene rings is 2. The molecule has 1 heterocycles. The van der Waals surface area contributed by atoms with Gasteiger partial charge in [-0.3, -0.25) is 0 Å². The van der Waals surface area contributed by atoms with Gasteiger partial charge < -0.3 is 10.3 Å². The molecule has 3 rings (SSSR count). The van der Waals surface area contributed by atoms with E-state index >= 15 is 0 Å². The van der Waals surface area contributed by atoms with Gasteiger partial charge in [-0.2, -0.15) is 0 Å². The minimum Gasteiger partial charge on any atom is -0.361 e. The molecule has 0 amide bonds. The van der Waals surface area contributed by atoms with E-state index in [1.54, 1.807) is 0 Å². The van der Waals surface area contributed by atoms with Gasteiger partial charge >= 0.3 is 0 Å². The quantitative estimate of drug-likeness (QED) is 0.715. The molecule has 108 valence electrons. The van der Waals surface area contributed by atoms with E-state index in [-0.39, 0.29) is 0 Å². The Hall–Kier alpha value is -2.06. The van der Waals surface area contributed by atoms with Crippen LogP contribution >= 0.6 is 0 Å². The molecule has 2 nitrogen and oxygen atoms in total. The third-order valence-electron chi connectivity index (χ3n) is 4.03. The molecule has 0 saturated carbocycles. The fourth-order valence-electron chi connectivity index (χ4n) is 2.95. The van der Waals surface area contributed by atoms with Crippen LogP contribution in [0, 0.1) is 13.8 Å². The Bertz CT molecular complexity index is 735. The Morgan fingerprint density at radius 3 is 2.57 bits per heavy atom. The Kier molecular flexibility index (Phi) is 3.80. The summed E-state index contributed by atoms with van der Waals surface area (Å²) in [4.78, 5) is 3.27. The summed E-state index contributed by atoms with van der Waals surface area (Å²) in [7, 11) is 0. The predicted molar refractivity (Wildman–Crippen MR) is 89.5 cm³/mol. The third-order valence-corrected chi connectivity index (χ3v) is 4.03. The summed E-state index contributed by atoms with van der Waals surface area (Å²) in [5.74, 6) is 0. The zero-order valence-corrected chi connectivity index (χ0v) is 12.9. The molecule has 0 bridgehead atoms. The highest BCUT2D eigenvalue weighted by atomic mass is 14.9. The molecule has 1 unspecified atom stereocenters. The van der Waals surface area contributed by atoms with Crippen molar-refractivity contribution in [1.82, 2.24) is 10.3 Å². The summed E-state index contributed by atoms with van der Waals surface area (Å²) < 4.78 is 0. The molecular weight excluding hydrogens is 256 g/mol. The van der Waals surface area contributed by atoms with Gasteiger partial charge in [0.05, 0.1) is 0 Å². The smallest absolute Gasteiger partial charge is 0.0457 e. The van der Waals surface area contributed by atoms with Crippen LogP contribution in [0.5, 0.6) is 0 Å². The van der Waals surface area contributed by atoms with Crippen molar-refractivity contribution in [2.75, 3.05) is 0 Å². The fraction of sp³-hybridized carbons (Fsp3) is 0.263. The summed E-state index contributed by atoms with van der Waals surface area (Å²) in [5, 5.41) is 4.94. The second-order valence-corrected chi connectivity index (χ2v) is 5.88. The topological polar surface area (TPSA) is 27.8 Å². The number of rotatable bonds is 4. The standard InChI is InChI=1S/C19H22N2/c1-13-9-14(2)11-17(10-13)15(3)21-12-16-5-4-6-19-18(16)7-8-20-19/h4-11,15,20-21H,12H2,1-3H3. The number of hydrogen-bond acceptors (Lipinski definition) is 1. The second-order valence-electron chi connectivity index (χ2n) is 5.88. The van der Waals surface area contributed by atoms with Gasteiger partial charge in [0.25, 0.3) is 0 Å². The molecule has 0 saturated heterocycles. The van der Waals surface area contributed by atoms with E-state index in [2.05, 4.69) is 73.5 Å². The van der Waals surface area contributed by atoms with Crippen LogP contribution in [-0.2, 0) is 6.54 Å². The molecule has 3 aromatic rings. The van der Waals surface area contributed by atoms with E-state index in [1.807, 2.05) is 6.20 Å².